The Balaban J connectivity index is 1.60. The first-order chi connectivity index (χ1) is 13.2. The van der Waals surface area contributed by atoms with Gasteiger partial charge in [-0.3, -0.25) is 5.10 Å². The van der Waals surface area contributed by atoms with Gasteiger partial charge in [-0.2, -0.15) is 5.10 Å². The highest BCUT2D eigenvalue weighted by molar-refractivity contribution is 5.80. The third kappa shape index (κ3) is 4.87. The normalized spacial score (nSPS) is 16.3. The smallest absolute Gasteiger partial charge is 0.194 e. The zero-order chi connectivity index (χ0) is 19.1. The zero-order valence-corrected chi connectivity index (χ0v) is 16.6. The molecule has 0 bridgehead atoms. The Morgan fingerprint density at radius 3 is 2.74 bits per heavy atom. The van der Waals surface area contributed by atoms with Gasteiger partial charge in [0.25, 0.3) is 0 Å². The second-order valence-corrected chi connectivity index (χ2v) is 7.03. The monoisotopic (exact) mass is 373 g/mol. The summed E-state index contributed by atoms with van der Waals surface area (Å²) >= 11 is 0. The Kier molecular flexibility index (Phi) is 6.84. The lowest BCUT2D eigenvalue weighted by atomic mass is 9.96. The van der Waals surface area contributed by atoms with Crippen LogP contribution in [0.25, 0.3) is 0 Å². The molecular weight excluding hydrogens is 342 g/mol. The van der Waals surface area contributed by atoms with Crippen molar-refractivity contribution in [3.05, 3.63) is 29.7 Å². The predicted molar refractivity (Wildman–Crippen MR) is 105 cm³/mol. The van der Waals surface area contributed by atoms with E-state index in [1.165, 1.54) is 0 Å². The first-order valence-electron chi connectivity index (χ1n) is 10.1. The summed E-state index contributed by atoms with van der Waals surface area (Å²) in [7, 11) is 0. The molecular formula is C19H31N7O. The molecule has 2 aromatic heterocycles. The third-order valence-corrected chi connectivity index (χ3v) is 5.32. The number of piperidine rings is 1. The average molecular weight is 374 g/mol. The summed E-state index contributed by atoms with van der Waals surface area (Å²) in [6.07, 6.45) is 5.82. The Bertz CT molecular complexity index is 697. The fraction of sp³-hybridized carbons (Fsp3) is 0.684. The van der Waals surface area contributed by atoms with Crippen LogP contribution in [0.3, 0.4) is 0 Å². The molecule has 1 aliphatic heterocycles. The minimum absolute atomic E-state index is 0.448. The van der Waals surface area contributed by atoms with Gasteiger partial charge in [-0.1, -0.05) is 19.0 Å². The fourth-order valence-electron chi connectivity index (χ4n) is 3.66. The van der Waals surface area contributed by atoms with Crippen molar-refractivity contribution in [2.24, 2.45) is 4.99 Å². The van der Waals surface area contributed by atoms with Crippen LogP contribution in [0.4, 0.5) is 0 Å². The largest absolute Gasteiger partial charge is 0.359 e. The summed E-state index contributed by atoms with van der Waals surface area (Å²) in [5.41, 5.74) is 1.04. The van der Waals surface area contributed by atoms with E-state index in [2.05, 4.69) is 57.4 Å². The average Bonchev–Trinajstić information content (AvgIpc) is 3.39. The molecule has 27 heavy (non-hydrogen) atoms. The number of nitrogens with one attached hydrogen (secondary N) is 2. The van der Waals surface area contributed by atoms with Crippen LogP contribution in [0.15, 0.2) is 21.9 Å². The lowest BCUT2D eigenvalue weighted by Crippen LogP contribution is -2.45. The van der Waals surface area contributed by atoms with E-state index in [-0.39, 0.29) is 0 Å². The highest BCUT2D eigenvalue weighted by atomic mass is 16.5. The van der Waals surface area contributed by atoms with Crippen LogP contribution in [-0.2, 0) is 6.54 Å². The summed E-state index contributed by atoms with van der Waals surface area (Å²) in [5, 5.41) is 14.6. The minimum atomic E-state index is 0.448. The van der Waals surface area contributed by atoms with Gasteiger partial charge >= 0.3 is 0 Å². The van der Waals surface area contributed by atoms with Crippen LogP contribution in [0.5, 0.6) is 0 Å². The van der Waals surface area contributed by atoms with Crippen LogP contribution in [0.1, 0.15) is 75.6 Å². The maximum absolute atomic E-state index is 5.51. The van der Waals surface area contributed by atoms with Gasteiger partial charge in [0.1, 0.15) is 18.7 Å². The van der Waals surface area contributed by atoms with E-state index in [0.29, 0.717) is 18.4 Å². The van der Waals surface area contributed by atoms with E-state index in [0.717, 1.165) is 68.6 Å². The molecule has 8 nitrogen and oxygen atoms in total. The Hall–Kier alpha value is -2.38. The van der Waals surface area contributed by atoms with E-state index in [9.17, 15) is 0 Å². The van der Waals surface area contributed by atoms with Crippen molar-refractivity contribution >= 4 is 5.96 Å². The first kappa shape index (κ1) is 19.4. The molecule has 8 heteroatoms. The standard InChI is InChI=1S/C19H31N7O/c1-4-14(5-2)17-11-16(27-25-17)12-21-19(20-6-3)26-9-7-15(8-10-26)18-22-13-23-24-18/h11,13-15H,4-10,12H2,1-3H3,(H,20,21)(H,22,23,24). The van der Waals surface area contributed by atoms with Gasteiger partial charge in [-0.15, -0.1) is 0 Å². The number of hydrogen-bond donors (Lipinski definition) is 2. The number of H-pyrrole nitrogens is 1. The van der Waals surface area contributed by atoms with Crippen molar-refractivity contribution in [1.82, 2.24) is 30.6 Å². The van der Waals surface area contributed by atoms with Crippen molar-refractivity contribution < 1.29 is 4.52 Å². The molecule has 0 unspecified atom stereocenters. The summed E-state index contributed by atoms with van der Waals surface area (Å²) in [6.45, 7) is 9.72. The summed E-state index contributed by atoms with van der Waals surface area (Å²) < 4.78 is 5.51. The second kappa shape index (κ2) is 9.53. The van der Waals surface area contributed by atoms with Gasteiger partial charge in [-0.25, -0.2) is 9.98 Å². The molecule has 0 aromatic carbocycles. The zero-order valence-electron chi connectivity index (χ0n) is 16.6. The summed E-state index contributed by atoms with van der Waals surface area (Å²) in [5.74, 6) is 3.67. The Labute approximate surface area is 160 Å². The Morgan fingerprint density at radius 2 is 2.11 bits per heavy atom. The van der Waals surface area contributed by atoms with Crippen LogP contribution in [-0.4, -0.2) is 50.8 Å². The maximum atomic E-state index is 5.51. The van der Waals surface area contributed by atoms with Gasteiger partial charge in [0.2, 0.25) is 0 Å². The fourth-order valence-corrected chi connectivity index (χ4v) is 3.66. The van der Waals surface area contributed by atoms with Gasteiger partial charge in [0.15, 0.2) is 11.7 Å². The molecule has 0 amide bonds. The molecule has 1 saturated heterocycles. The van der Waals surface area contributed by atoms with Gasteiger partial charge in [0, 0.05) is 37.5 Å². The number of guanidine groups is 1. The van der Waals surface area contributed by atoms with Crippen LogP contribution in [0.2, 0.25) is 0 Å². The molecule has 3 rings (SSSR count). The number of hydrogen-bond acceptors (Lipinski definition) is 5. The lowest BCUT2D eigenvalue weighted by molar-refractivity contribution is 0.298. The molecule has 0 saturated carbocycles. The molecule has 1 aliphatic rings. The lowest BCUT2D eigenvalue weighted by Gasteiger charge is -2.33. The van der Waals surface area contributed by atoms with E-state index < -0.39 is 0 Å². The van der Waals surface area contributed by atoms with Crippen molar-refractivity contribution in [3.63, 3.8) is 0 Å². The number of nitrogens with zero attached hydrogens (tertiary/aromatic N) is 5. The maximum Gasteiger partial charge on any atom is 0.194 e. The molecule has 0 atom stereocenters. The topological polar surface area (TPSA) is 95.2 Å². The number of rotatable bonds is 7. The Morgan fingerprint density at radius 1 is 1.33 bits per heavy atom. The second-order valence-electron chi connectivity index (χ2n) is 7.03. The highest BCUT2D eigenvalue weighted by Gasteiger charge is 2.24. The number of aliphatic imine (C=N–C) groups is 1. The molecule has 0 radical (unpaired) electrons. The summed E-state index contributed by atoms with van der Waals surface area (Å²) in [6, 6.07) is 2.06. The first-order valence-corrected chi connectivity index (χ1v) is 10.1. The van der Waals surface area contributed by atoms with Crippen molar-refractivity contribution in [2.45, 2.75) is 64.8 Å². The van der Waals surface area contributed by atoms with Gasteiger partial charge in [-0.05, 0) is 32.6 Å². The van der Waals surface area contributed by atoms with Gasteiger partial charge in [0.05, 0.1) is 5.69 Å². The molecule has 3 heterocycles. The molecule has 2 aromatic rings. The van der Waals surface area contributed by atoms with Crippen LogP contribution < -0.4 is 5.32 Å². The SMILES string of the molecule is CCNC(=NCc1cc(C(CC)CC)no1)N1CCC(c2ncn[nH]2)CC1. The molecule has 2 N–H and O–H groups in total. The predicted octanol–water partition coefficient (Wildman–Crippen LogP) is 3.04. The molecule has 1 fully saturated rings. The third-order valence-electron chi connectivity index (χ3n) is 5.32. The van der Waals surface area contributed by atoms with E-state index in [1.54, 1.807) is 6.33 Å². The minimum Gasteiger partial charge on any atom is -0.359 e. The number of aromatic nitrogens is 4. The van der Waals surface area contributed by atoms with Crippen molar-refractivity contribution in [3.8, 4) is 0 Å². The van der Waals surface area contributed by atoms with Crippen LogP contribution in [0, 0.1) is 0 Å². The van der Waals surface area contributed by atoms with Crippen LogP contribution >= 0.6 is 0 Å². The number of aromatic amines is 1. The molecule has 0 aliphatic carbocycles. The molecule has 148 valence electrons. The van der Waals surface area contributed by atoms with E-state index in [4.69, 9.17) is 9.52 Å². The van der Waals surface area contributed by atoms with Crippen molar-refractivity contribution in [1.29, 1.82) is 0 Å². The van der Waals surface area contributed by atoms with Gasteiger partial charge < -0.3 is 14.7 Å². The number of likely N-dealkylation sites (tertiary alicyclic amines) is 1. The molecule has 0 spiro atoms. The van der Waals surface area contributed by atoms with E-state index in [1.807, 2.05) is 0 Å². The van der Waals surface area contributed by atoms with Crippen molar-refractivity contribution in [2.75, 3.05) is 19.6 Å². The summed E-state index contributed by atoms with van der Waals surface area (Å²) in [4.78, 5) is 11.4. The van der Waals surface area contributed by atoms with E-state index >= 15 is 0 Å². The quantitative estimate of drug-likeness (QED) is 0.572. The highest BCUT2D eigenvalue weighted by Crippen LogP contribution is 2.25.